The number of rotatable bonds is 5. The van der Waals surface area contributed by atoms with Crippen LogP contribution in [0.2, 0.25) is 0 Å². The van der Waals surface area contributed by atoms with Gasteiger partial charge in [0.05, 0.1) is 35.7 Å². The van der Waals surface area contributed by atoms with Crippen LogP contribution in [0.15, 0.2) is 30.5 Å². The number of aromatic nitrogens is 2. The molecule has 1 atom stereocenters. The third kappa shape index (κ3) is 4.47. The first kappa shape index (κ1) is 23.3. The molecule has 8 nitrogen and oxygen atoms in total. The molecule has 2 amide bonds. The lowest BCUT2D eigenvalue weighted by Crippen LogP contribution is -2.46. The van der Waals surface area contributed by atoms with Gasteiger partial charge in [-0.3, -0.25) is 9.59 Å². The van der Waals surface area contributed by atoms with Crippen molar-refractivity contribution in [3.8, 4) is 17.3 Å². The van der Waals surface area contributed by atoms with Gasteiger partial charge >= 0.3 is 0 Å². The van der Waals surface area contributed by atoms with E-state index in [9.17, 15) is 9.59 Å². The topological polar surface area (TPSA) is 99.7 Å². The molecule has 0 spiro atoms. The van der Waals surface area contributed by atoms with Gasteiger partial charge in [0.25, 0.3) is 5.91 Å². The molecule has 1 fully saturated rings. The van der Waals surface area contributed by atoms with Crippen molar-refractivity contribution in [2.45, 2.75) is 25.9 Å². The van der Waals surface area contributed by atoms with Crippen molar-refractivity contribution >= 4 is 17.5 Å². The van der Waals surface area contributed by atoms with E-state index in [-0.39, 0.29) is 48.7 Å². The monoisotopic (exact) mass is 467 g/mol. The molecule has 10 heteroatoms. The van der Waals surface area contributed by atoms with E-state index < -0.39 is 23.6 Å². The van der Waals surface area contributed by atoms with Gasteiger partial charge in [0.1, 0.15) is 23.7 Å². The van der Waals surface area contributed by atoms with Gasteiger partial charge in [0, 0.05) is 38.3 Å². The quantitative estimate of drug-likeness (QED) is 0.622. The molecule has 1 aromatic carbocycles. The van der Waals surface area contributed by atoms with Crippen molar-refractivity contribution < 1.29 is 23.1 Å². The number of imidazole rings is 1. The van der Waals surface area contributed by atoms with Gasteiger partial charge in [-0.2, -0.15) is 5.26 Å². The molecular weight excluding hydrogens is 444 g/mol. The van der Waals surface area contributed by atoms with Gasteiger partial charge in [-0.05, 0) is 36.8 Å². The highest BCUT2D eigenvalue weighted by molar-refractivity contribution is 5.94. The van der Waals surface area contributed by atoms with E-state index in [0.29, 0.717) is 17.9 Å². The number of pyridine rings is 1. The Morgan fingerprint density at radius 1 is 1.29 bits per heavy atom. The van der Waals surface area contributed by atoms with Crippen molar-refractivity contribution in [1.29, 1.82) is 5.26 Å². The number of ether oxygens (including phenoxy) is 1. The summed E-state index contributed by atoms with van der Waals surface area (Å²) < 4.78 is 37.8. The lowest BCUT2D eigenvalue weighted by atomic mass is 10.0. The van der Waals surface area contributed by atoms with Crippen LogP contribution >= 0.6 is 0 Å². The minimum absolute atomic E-state index is 0.105. The average Bonchev–Trinajstić information content (AvgIpc) is 3.15. The fourth-order valence-corrected chi connectivity index (χ4v) is 4.13. The first-order valence-electron chi connectivity index (χ1n) is 10.8. The summed E-state index contributed by atoms with van der Waals surface area (Å²) in [6, 6.07) is 7.47. The fraction of sp³-hybridized carbons (Fsp3) is 0.333. The number of benzene rings is 1. The molecule has 3 heterocycles. The van der Waals surface area contributed by atoms with Gasteiger partial charge in [0.15, 0.2) is 0 Å². The zero-order valence-electron chi connectivity index (χ0n) is 18.8. The fourth-order valence-electron chi connectivity index (χ4n) is 4.13. The Morgan fingerprint density at radius 2 is 2.03 bits per heavy atom. The van der Waals surface area contributed by atoms with Crippen molar-refractivity contribution in [1.82, 2.24) is 19.6 Å². The number of nitrogens with one attached hydrogen (secondary N) is 1. The molecular formula is C24H23F2N5O3. The summed E-state index contributed by atoms with van der Waals surface area (Å²) in [6.07, 6.45) is 1.33. The van der Waals surface area contributed by atoms with E-state index in [2.05, 4.69) is 10.3 Å². The van der Waals surface area contributed by atoms with Crippen LogP contribution in [0.5, 0.6) is 0 Å². The Labute approximate surface area is 194 Å². The molecule has 1 saturated heterocycles. The van der Waals surface area contributed by atoms with Gasteiger partial charge in [-0.25, -0.2) is 13.8 Å². The average molecular weight is 467 g/mol. The number of halogens is 2. The van der Waals surface area contributed by atoms with Gasteiger partial charge in [0.2, 0.25) is 5.91 Å². The summed E-state index contributed by atoms with van der Waals surface area (Å²) in [5, 5.41) is 11.2. The molecule has 1 aliphatic heterocycles. The highest BCUT2D eigenvalue weighted by Gasteiger charge is 2.29. The van der Waals surface area contributed by atoms with Gasteiger partial charge < -0.3 is 19.4 Å². The maximum atomic E-state index is 15.1. The lowest BCUT2D eigenvalue weighted by Gasteiger charge is -2.32. The summed E-state index contributed by atoms with van der Waals surface area (Å²) in [5.74, 6) is -2.70. The first-order valence-corrected chi connectivity index (χ1v) is 10.8. The largest absolute Gasteiger partial charge is 0.374 e. The van der Waals surface area contributed by atoms with Crippen LogP contribution in [0.25, 0.3) is 16.9 Å². The lowest BCUT2D eigenvalue weighted by molar-refractivity contribution is -0.137. The second-order valence-corrected chi connectivity index (χ2v) is 8.10. The molecule has 0 aliphatic carbocycles. The minimum atomic E-state index is -0.907. The maximum absolute atomic E-state index is 15.1. The van der Waals surface area contributed by atoms with E-state index in [1.54, 1.807) is 21.6 Å². The number of fused-ring (bicyclic) bond motifs is 1. The Kier molecular flexibility index (Phi) is 6.56. The third-order valence-electron chi connectivity index (χ3n) is 5.79. The number of nitriles is 1. The molecule has 4 rings (SSSR count). The zero-order valence-corrected chi connectivity index (χ0v) is 18.8. The van der Waals surface area contributed by atoms with Crippen LogP contribution in [0.1, 0.15) is 28.0 Å². The van der Waals surface area contributed by atoms with Crippen LogP contribution < -0.4 is 5.32 Å². The molecule has 0 saturated carbocycles. The molecule has 0 bridgehead atoms. The zero-order chi connectivity index (χ0) is 24.4. The molecule has 3 aromatic rings. The minimum Gasteiger partial charge on any atom is -0.374 e. The van der Waals surface area contributed by atoms with E-state index in [4.69, 9.17) is 10.00 Å². The summed E-state index contributed by atoms with van der Waals surface area (Å²) >= 11 is 0. The maximum Gasteiger partial charge on any atom is 0.251 e. The number of hydrogen-bond donors (Lipinski definition) is 1. The Hall–Kier alpha value is -3.84. The van der Waals surface area contributed by atoms with Gasteiger partial charge in [-0.15, -0.1) is 0 Å². The van der Waals surface area contributed by atoms with E-state index >= 15 is 8.78 Å². The summed E-state index contributed by atoms with van der Waals surface area (Å²) in [6.45, 7) is 2.80. The van der Waals surface area contributed by atoms with E-state index in [1.807, 2.05) is 19.1 Å². The van der Waals surface area contributed by atoms with E-state index in [1.165, 1.54) is 7.05 Å². The van der Waals surface area contributed by atoms with Crippen molar-refractivity contribution in [2.24, 2.45) is 0 Å². The Bertz CT molecular complexity index is 1290. The van der Waals surface area contributed by atoms with E-state index in [0.717, 1.165) is 17.7 Å². The second-order valence-electron chi connectivity index (χ2n) is 8.10. The van der Waals surface area contributed by atoms with Crippen molar-refractivity contribution in [3.05, 3.63) is 58.9 Å². The highest BCUT2D eigenvalue weighted by atomic mass is 19.1. The molecule has 0 unspecified atom stereocenters. The van der Waals surface area contributed by atoms with Crippen LogP contribution in [-0.2, 0) is 16.0 Å². The molecule has 1 N–H and O–H groups in total. The van der Waals surface area contributed by atoms with Crippen molar-refractivity contribution in [2.75, 3.05) is 26.7 Å². The number of nitrogens with zero attached hydrogens (tertiary/aromatic N) is 4. The Balaban J connectivity index is 1.77. The molecule has 34 heavy (non-hydrogen) atoms. The number of morpholine rings is 1. The standard InChI is InChI=1S/C24H23F2N5O3/c1-14-4-6-31-19(12-16-13-30(7-8-34-16)21(32)3-5-27)23(29-20(31)9-14)22-17(25)10-15(11-18(22)26)24(33)28-2/h4,6,9-11,16H,3,7-8,12-13H2,1-2H3,(H,28,33)/t16-/m0/s1. The molecule has 176 valence electrons. The van der Waals surface area contributed by atoms with Crippen LogP contribution in [0.4, 0.5) is 8.78 Å². The SMILES string of the molecule is CNC(=O)c1cc(F)c(-c2nc3cc(C)ccn3c2C[C@H]2CN(C(=O)CC#N)CCO2)c(F)c1. The smallest absolute Gasteiger partial charge is 0.251 e. The summed E-state index contributed by atoms with van der Waals surface area (Å²) in [7, 11) is 1.38. The Morgan fingerprint density at radius 3 is 2.71 bits per heavy atom. The number of hydrogen-bond acceptors (Lipinski definition) is 5. The van der Waals surface area contributed by atoms with Crippen LogP contribution in [0.3, 0.4) is 0 Å². The predicted molar refractivity (Wildman–Crippen MR) is 119 cm³/mol. The third-order valence-corrected chi connectivity index (χ3v) is 5.79. The molecule has 2 aromatic heterocycles. The first-order chi connectivity index (χ1) is 16.3. The predicted octanol–water partition coefficient (Wildman–Crippen LogP) is 2.63. The summed E-state index contributed by atoms with van der Waals surface area (Å²) in [5.41, 5.74) is 1.58. The van der Waals surface area contributed by atoms with Crippen LogP contribution in [0, 0.1) is 29.9 Å². The normalized spacial score (nSPS) is 15.9. The molecule has 1 aliphatic rings. The second kappa shape index (κ2) is 9.57. The summed E-state index contributed by atoms with van der Waals surface area (Å²) in [4.78, 5) is 30.1. The highest BCUT2D eigenvalue weighted by Crippen LogP contribution is 2.32. The van der Waals surface area contributed by atoms with Crippen molar-refractivity contribution in [3.63, 3.8) is 0 Å². The number of amides is 2. The van der Waals surface area contributed by atoms with Gasteiger partial charge in [-0.1, -0.05) is 0 Å². The number of carbonyl (C=O) groups excluding carboxylic acids is 2. The molecule has 0 radical (unpaired) electrons. The van der Waals surface area contributed by atoms with Crippen LogP contribution in [-0.4, -0.2) is 58.9 Å². The number of carbonyl (C=O) groups is 2. The number of aryl methyl sites for hydroxylation is 1.